The van der Waals surface area contributed by atoms with E-state index in [0.29, 0.717) is 0 Å². The first kappa shape index (κ1) is 17.9. The van der Waals surface area contributed by atoms with Gasteiger partial charge in [-0.05, 0) is 22.3 Å². The van der Waals surface area contributed by atoms with Crippen molar-refractivity contribution in [3.63, 3.8) is 0 Å². The van der Waals surface area contributed by atoms with Crippen LogP contribution in [-0.4, -0.2) is 0 Å². The molecule has 0 N–H and O–H groups in total. The molecule has 0 radical (unpaired) electrons. The molecule has 0 saturated carbocycles. The largest absolute Gasteiger partial charge is 0.313 e. The van der Waals surface area contributed by atoms with Crippen molar-refractivity contribution < 1.29 is 4.57 Å². The van der Waals surface area contributed by atoms with Crippen molar-refractivity contribution >= 4 is 29.9 Å². The van der Waals surface area contributed by atoms with E-state index in [2.05, 4.69) is 36.4 Å². The average Bonchev–Trinajstić information content (AvgIpc) is 2.97. The smallest absolute Gasteiger partial charge is 0.154 e. The van der Waals surface area contributed by atoms with E-state index in [9.17, 15) is 0 Å². The molecule has 5 rings (SSSR count). The third-order valence-corrected chi connectivity index (χ3v) is 9.08. The second-order valence-corrected chi connectivity index (χ2v) is 10.2. The monoisotopic (exact) mass is 392 g/mol. The van der Waals surface area contributed by atoms with Crippen LogP contribution in [0.15, 0.2) is 109 Å². The van der Waals surface area contributed by atoms with Gasteiger partial charge in [0.05, 0.1) is 5.66 Å². The number of rotatable bonds is 3. The first-order valence-corrected chi connectivity index (χ1v) is 11.6. The summed E-state index contributed by atoms with van der Waals surface area (Å²) in [5.74, 6) is 0. The summed E-state index contributed by atoms with van der Waals surface area (Å²) in [4.78, 5) is 0. The Kier molecular flexibility index (Phi) is 4.54. The van der Waals surface area contributed by atoms with Crippen LogP contribution < -0.4 is 10.6 Å². The standard InChI is InChI=1S/C27H21OP/c28-29(23-13-3-1-4-14-23,24-15-5-2-6-16-24)27-25-17-9-7-11-21(25)19-20-22-12-8-10-18-26(22)27/h1-20,27H. The van der Waals surface area contributed by atoms with Gasteiger partial charge in [-0.2, -0.15) is 0 Å². The quantitative estimate of drug-likeness (QED) is 0.375. The summed E-state index contributed by atoms with van der Waals surface area (Å²) in [6.45, 7) is 0. The lowest BCUT2D eigenvalue weighted by Gasteiger charge is -2.31. The number of hydrogen-bond acceptors (Lipinski definition) is 1. The topological polar surface area (TPSA) is 17.1 Å². The molecule has 0 heterocycles. The molecule has 4 aromatic carbocycles. The van der Waals surface area contributed by atoms with Gasteiger partial charge in [-0.3, -0.25) is 0 Å². The molecular formula is C27H21OP. The van der Waals surface area contributed by atoms with E-state index in [1.807, 2.05) is 84.9 Å². The van der Waals surface area contributed by atoms with Crippen LogP contribution in [0.2, 0.25) is 0 Å². The Morgan fingerprint density at radius 3 is 1.31 bits per heavy atom. The van der Waals surface area contributed by atoms with Gasteiger partial charge >= 0.3 is 0 Å². The van der Waals surface area contributed by atoms with Crippen molar-refractivity contribution in [2.75, 3.05) is 0 Å². The molecule has 0 aromatic heterocycles. The van der Waals surface area contributed by atoms with Crippen LogP contribution in [-0.2, 0) is 4.57 Å². The molecule has 29 heavy (non-hydrogen) atoms. The van der Waals surface area contributed by atoms with E-state index in [1.165, 1.54) is 0 Å². The van der Waals surface area contributed by atoms with Crippen molar-refractivity contribution in [3.05, 3.63) is 131 Å². The molecular weight excluding hydrogens is 371 g/mol. The van der Waals surface area contributed by atoms with E-state index in [4.69, 9.17) is 0 Å². The van der Waals surface area contributed by atoms with Crippen LogP contribution in [0.3, 0.4) is 0 Å². The minimum atomic E-state index is -3.03. The van der Waals surface area contributed by atoms with Gasteiger partial charge in [0.1, 0.15) is 0 Å². The van der Waals surface area contributed by atoms with E-state index < -0.39 is 7.14 Å². The van der Waals surface area contributed by atoms with E-state index in [1.54, 1.807) is 0 Å². The molecule has 0 atom stereocenters. The predicted molar refractivity (Wildman–Crippen MR) is 123 cm³/mol. The average molecular weight is 392 g/mol. The zero-order valence-corrected chi connectivity index (χ0v) is 16.9. The Bertz CT molecular complexity index is 1130. The Morgan fingerprint density at radius 1 is 0.483 bits per heavy atom. The summed E-state index contributed by atoms with van der Waals surface area (Å²) >= 11 is 0. The van der Waals surface area contributed by atoms with Crippen LogP contribution in [0, 0.1) is 0 Å². The van der Waals surface area contributed by atoms with Crippen molar-refractivity contribution in [1.82, 2.24) is 0 Å². The Morgan fingerprint density at radius 2 is 0.862 bits per heavy atom. The molecule has 4 aromatic rings. The third-order valence-electron chi connectivity index (χ3n) is 5.67. The fraction of sp³-hybridized carbons (Fsp3) is 0.0370. The normalized spacial score (nSPS) is 13.4. The summed E-state index contributed by atoms with van der Waals surface area (Å²) in [7, 11) is -3.03. The molecule has 0 amide bonds. The number of hydrogen-bond donors (Lipinski definition) is 0. The summed E-state index contributed by atoms with van der Waals surface area (Å²) in [6.07, 6.45) is 4.29. The van der Waals surface area contributed by atoms with E-state index in [-0.39, 0.29) is 5.66 Å². The van der Waals surface area contributed by atoms with Gasteiger partial charge in [-0.25, -0.2) is 0 Å². The molecule has 1 aliphatic carbocycles. The van der Waals surface area contributed by atoms with Crippen molar-refractivity contribution in [1.29, 1.82) is 0 Å². The highest BCUT2D eigenvalue weighted by molar-refractivity contribution is 7.79. The van der Waals surface area contributed by atoms with Crippen molar-refractivity contribution in [3.8, 4) is 0 Å². The van der Waals surface area contributed by atoms with Crippen LogP contribution in [0.5, 0.6) is 0 Å². The molecule has 0 aliphatic heterocycles. The Balaban J connectivity index is 1.88. The SMILES string of the molecule is O=P(c1ccccc1)(c1ccccc1)C1c2ccccc2C=Cc2ccccc21. The predicted octanol–water partition coefficient (Wildman–Crippen LogP) is 6.27. The van der Waals surface area contributed by atoms with E-state index >= 15 is 4.57 Å². The van der Waals surface area contributed by atoms with Crippen molar-refractivity contribution in [2.24, 2.45) is 0 Å². The minimum absolute atomic E-state index is 0.241. The highest BCUT2D eigenvalue weighted by atomic mass is 31.2. The van der Waals surface area contributed by atoms with Gasteiger partial charge in [-0.15, -0.1) is 0 Å². The number of fused-ring (bicyclic) bond motifs is 2. The fourth-order valence-electron chi connectivity index (χ4n) is 4.31. The maximum Gasteiger partial charge on any atom is 0.154 e. The molecule has 140 valence electrons. The molecule has 2 heteroatoms. The van der Waals surface area contributed by atoms with Crippen LogP contribution >= 0.6 is 7.14 Å². The van der Waals surface area contributed by atoms with Crippen LogP contribution in [0.1, 0.15) is 27.9 Å². The Labute approximate surface area is 171 Å². The van der Waals surface area contributed by atoms with Crippen molar-refractivity contribution in [2.45, 2.75) is 5.66 Å². The lowest BCUT2D eigenvalue weighted by molar-refractivity contribution is 0.582. The number of benzene rings is 4. The summed E-state index contributed by atoms with van der Waals surface area (Å²) in [5.41, 5.74) is 4.24. The summed E-state index contributed by atoms with van der Waals surface area (Å²) in [5, 5.41) is 1.78. The lowest BCUT2D eigenvalue weighted by Crippen LogP contribution is -2.22. The van der Waals surface area contributed by atoms with E-state index in [0.717, 1.165) is 32.9 Å². The maximum absolute atomic E-state index is 15.2. The van der Waals surface area contributed by atoms with Gasteiger partial charge in [-0.1, -0.05) is 121 Å². The van der Waals surface area contributed by atoms with Gasteiger partial charge < -0.3 is 4.57 Å². The molecule has 0 bridgehead atoms. The lowest BCUT2D eigenvalue weighted by atomic mass is 9.99. The summed E-state index contributed by atoms with van der Waals surface area (Å²) < 4.78 is 15.2. The second kappa shape index (κ2) is 7.35. The molecule has 0 spiro atoms. The minimum Gasteiger partial charge on any atom is -0.313 e. The molecule has 0 fully saturated rings. The zero-order chi connectivity index (χ0) is 19.7. The highest BCUT2D eigenvalue weighted by Gasteiger charge is 2.40. The highest BCUT2D eigenvalue weighted by Crippen LogP contribution is 2.61. The second-order valence-electron chi connectivity index (χ2n) is 7.32. The fourth-order valence-corrected chi connectivity index (χ4v) is 7.69. The van der Waals surface area contributed by atoms with Gasteiger partial charge in [0.25, 0.3) is 0 Å². The molecule has 1 nitrogen and oxygen atoms in total. The van der Waals surface area contributed by atoms with Crippen LogP contribution in [0.4, 0.5) is 0 Å². The van der Waals surface area contributed by atoms with Crippen LogP contribution in [0.25, 0.3) is 12.2 Å². The maximum atomic E-state index is 15.2. The van der Waals surface area contributed by atoms with Gasteiger partial charge in [0.15, 0.2) is 7.14 Å². The molecule has 1 aliphatic rings. The Hall–Kier alpha value is -3.15. The molecule has 0 unspecified atom stereocenters. The first-order chi connectivity index (χ1) is 14.3. The van der Waals surface area contributed by atoms with Gasteiger partial charge in [0.2, 0.25) is 0 Å². The summed E-state index contributed by atoms with van der Waals surface area (Å²) in [6, 6.07) is 36.6. The first-order valence-electron chi connectivity index (χ1n) is 9.85. The molecule has 0 saturated heterocycles. The van der Waals surface area contributed by atoms with Gasteiger partial charge in [0, 0.05) is 10.6 Å². The third kappa shape index (κ3) is 2.99. The zero-order valence-electron chi connectivity index (χ0n) is 16.0.